The number of carbonyl (C=O) groups is 2. The van der Waals surface area contributed by atoms with Crippen molar-refractivity contribution in [1.82, 2.24) is 9.80 Å². The van der Waals surface area contributed by atoms with Crippen LogP contribution in [0.25, 0.3) is 0 Å². The molecule has 294 valence electrons. The molecule has 0 saturated heterocycles. The van der Waals surface area contributed by atoms with Gasteiger partial charge in [-0.3, -0.25) is 0 Å². The Morgan fingerprint density at radius 2 is 1.08 bits per heavy atom. The largest absolute Gasteiger partial charge is 0.450 e. The maximum atomic E-state index is 14.1. The molecular weight excluding hydrogens is 664 g/mol. The Balaban J connectivity index is 1.55. The van der Waals surface area contributed by atoms with E-state index < -0.39 is 34.0 Å². The number of rotatable bonds is 18. The molecule has 0 spiro atoms. The number of hydrogen-bond donors (Lipinski definition) is 2. The van der Waals surface area contributed by atoms with E-state index in [-0.39, 0.29) is 36.9 Å². The van der Waals surface area contributed by atoms with Crippen molar-refractivity contribution >= 4 is 24.4 Å². The first-order valence-corrected chi connectivity index (χ1v) is 19.5. The Hall–Kier alpha value is -2.80. The fourth-order valence-corrected chi connectivity index (χ4v) is 9.35. The topological polar surface area (TPSA) is 143 Å². The average Bonchev–Trinajstić information content (AvgIpc) is 3.53. The Bertz CT molecular complexity index is 1190. The second-order valence-corrected chi connectivity index (χ2v) is 16.6. The zero-order valence-corrected chi connectivity index (χ0v) is 32.6. The Kier molecular flexibility index (Phi) is 15.3. The fourth-order valence-electron chi connectivity index (χ4n) is 9.35. The molecule has 52 heavy (non-hydrogen) atoms. The van der Waals surface area contributed by atoms with E-state index in [0.29, 0.717) is 51.7 Å². The molecule has 0 aromatic rings. The van der Waals surface area contributed by atoms with Gasteiger partial charge in [0.1, 0.15) is 24.4 Å². The highest BCUT2D eigenvalue weighted by molar-refractivity contribution is 6.30. The van der Waals surface area contributed by atoms with Gasteiger partial charge < -0.3 is 39.2 Å². The monoisotopic (exact) mass is 730 g/mol. The fraction of sp³-hybridized carbons (Fsp3) is 0.800. The van der Waals surface area contributed by atoms with E-state index in [2.05, 4.69) is 36.3 Å². The van der Waals surface area contributed by atoms with Crippen molar-refractivity contribution in [3.8, 4) is 0 Å². The molecule has 4 rings (SSSR count). The van der Waals surface area contributed by atoms with E-state index in [9.17, 15) is 19.8 Å². The summed E-state index contributed by atoms with van der Waals surface area (Å²) < 4.78 is 12.9. The van der Waals surface area contributed by atoms with Crippen LogP contribution in [0.15, 0.2) is 34.6 Å². The van der Waals surface area contributed by atoms with Crippen LogP contribution in [0.1, 0.15) is 90.9 Å². The van der Waals surface area contributed by atoms with E-state index in [4.69, 9.17) is 19.1 Å². The third kappa shape index (κ3) is 9.84. The SMILES string of the molecule is CN(C)CCON=C[C@H]1CC[C@]2(OC(=O)C(=O)O[C@]34CC[C@H](C=NOCCN(C)C)[C@@]3(C)CC[C@H](C=CCCO)C4)C[C@@H](C=CCCO)CC[C@]12C. The summed E-state index contributed by atoms with van der Waals surface area (Å²) >= 11 is 0. The summed E-state index contributed by atoms with van der Waals surface area (Å²) in [5.74, 6) is -1.55. The van der Waals surface area contributed by atoms with Crippen molar-refractivity contribution in [2.75, 3.05) is 67.7 Å². The minimum absolute atomic E-state index is 0.0135. The van der Waals surface area contributed by atoms with E-state index in [1.807, 2.05) is 62.6 Å². The van der Waals surface area contributed by atoms with Crippen LogP contribution in [0.2, 0.25) is 0 Å². The molecule has 4 fully saturated rings. The van der Waals surface area contributed by atoms with Crippen LogP contribution in [0.3, 0.4) is 0 Å². The second-order valence-electron chi connectivity index (χ2n) is 16.6. The number of ether oxygens (including phenoxy) is 2. The number of aliphatic hydroxyl groups excluding tert-OH is 2. The van der Waals surface area contributed by atoms with Gasteiger partial charge in [-0.15, -0.1) is 0 Å². The predicted molar refractivity (Wildman–Crippen MR) is 202 cm³/mol. The van der Waals surface area contributed by atoms with Crippen LogP contribution in [0.4, 0.5) is 0 Å². The average molecular weight is 731 g/mol. The first kappa shape index (κ1) is 41.9. The van der Waals surface area contributed by atoms with E-state index in [1.54, 1.807) is 0 Å². The molecular formula is C40H66N4O8. The van der Waals surface area contributed by atoms with Crippen molar-refractivity contribution in [2.45, 2.75) is 102 Å². The highest BCUT2D eigenvalue weighted by Gasteiger charge is 2.64. The van der Waals surface area contributed by atoms with Crippen molar-refractivity contribution in [2.24, 2.45) is 44.8 Å². The smallest absolute Gasteiger partial charge is 0.418 e. The van der Waals surface area contributed by atoms with Crippen LogP contribution in [0, 0.1) is 34.5 Å². The number of oxime groups is 2. The van der Waals surface area contributed by atoms with Crippen molar-refractivity contribution in [3.63, 3.8) is 0 Å². The molecule has 8 atom stereocenters. The van der Waals surface area contributed by atoms with E-state index >= 15 is 0 Å². The van der Waals surface area contributed by atoms with Gasteiger partial charge >= 0.3 is 11.9 Å². The Labute approximate surface area is 311 Å². The predicted octanol–water partition coefficient (Wildman–Crippen LogP) is 4.99. The molecule has 4 saturated carbocycles. The van der Waals surface area contributed by atoms with Gasteiger partial charge in [-0.25, -0.2) is 9.59 Å². The number of fused-ring (bicyclic) bond motifs is 2. The van der Waals surface area contributed by atoms with E-state index in [0.717, 1.165) is 51.6 Å². The number of nitrogens with zero attached hydrogens (tertiary/aromatic N) is 4. The minimum Gasteiger partial charge on any atom is -0.450 e. The molecule has 0 aliphatic heterocycles. The van der Waals surface area contributed by atoms with Crippen molar-refractivity contribution in [3.05, 3.63) is 24.3 Å². The lowest BCUT2D eigenvalue weighted by Crippen LogP contribution is -2.56. The zero-order valence-electron chi connectivity index (χ0n) is 32.6. The molecule has 0 unspecified atom stereocenters. The summed E-state index contributed by atoms with van der Waals surface area (Å²) in [6.45, 7) is 6.93. The standard InChI is InChI=1S/C40H66N4O8/c1-37-17-13-31(11-7-9-23-45)27-39(37,19-15-33(37)29-41-49-25-21-43(3)4)51-35(47)36(48)52-40-20-16-34(30-42-50-26-22-44(5)6)38(40,2)18-14-32(28-40)12-8-10-24-46/h7-8,11-12,29-34,45-46H,9-10,13-28H2,1-6H3/t31-,32-,33+,34+,37+,38+,39-,40-/m0/s1. The zero-order chi connectivity index (χ0) is 37.8. The first-order valence-electron chi connectivity index (χ1n) is 19.5. The number of hydrogen-bond acceptors (Lipinski definition) is 12. The number of carbonyl (C=O) groups excluding carboxylic acids is 2. The van der Waals surface area contributed by atoms with Gasteiger partial charge in [0, 0.05) is 61.4 Å². The number of likely N-dealkylation sites (N-methyl/N-ethyl adjacent to an activating group) is 2. The normalized spacial score (nSPS) is 34.9. The highest BCUT2D eigenvalue weighted by Crippen LogP contribution is 2.62. The third-order valence-electron chi connectivity index (χ3n) is 12.7. The minimum atomic E-state index is -0.940. The summed E-state index contributed by atoms with van der Waals surface area (Å²) in [5, 5.41) is 27.4. The molecule has 0 amide bonds. The summed E-state index contributed by atoms with van der Waals surface area (Å²) in [6, 6.07) is 0. The van der Waals surface area contributed by atoms with Crippen LogP contribution in [-0.4, -0.2) is 123 Å². The summed E-state index contributed by atoms with van der Waals surface area (Å²) in [6.07, 6.45) is 20.4. The lowest BCUT2D eigenvalue weighted by atomic mass is 9.60. The Morgan fingerprint density at radius 3 is 1.44 bits per heavy atom. The second kappa shape index (κ2) is 19.0. The molecule has 0 aromatic heterocycles. The number of aliphatic hydroxyl groups is 2. The van der Waals surface area contributed by atoms with Crippen LogP contribution in [0.5, 0.6) is 0 Å². The van der Waals surface area contributed by atoms with Crippen molar-refractivity contribution < 1.29 is 39.0 Å². The van der Waals surface area contributed by atoms with Gasteiger partial charge in [-0.05, 0) is 117 Å². The molecule has 0 heterocycles. The molecule has 2 N–H and O–H groups in total. The lowest BCUT2D eigenvalue weighted by Gasteiger charge is -2.51. The van der Waals surface area contributed by atoms with Gasteiger partial charge in [0.25, 0.3) is 0 Å². The molecule has 4 aliphatic carbocycles. The molecule has 12 nitrogen and oxygen atoms in total. The molecule has 0 aromatic carbocycles. The van der Waals surface area contributed by atoms with Gasteiger partial charge in [0.05, 0.1) is 0 Å². The van der Waals surface area contributed by atoms with Gasteiger partial charge in [-0.1, -0.05) is 48.5 Å². The highest BCUT2D eigenvalue weighted by atomic mass is 16.6. The first-order chi connectivity index (χ1) is 24.8. The molecule has 0 radical (unpaired) electrons. The summed E-state index contributed by atoms with van der Waals surface area (Å²) in [4.78, 5) is 43.3. The maximum Gasteiger partial charge on any atom is 0.418 e. The number of allylic oxidation sites excluding steroid dienone is 2. The van der Waals surface area contributed by atoms with E-state index in [1.165, 1.54) is 0 Å². The summed E-state index contributed by atoms with van der Waals surface area (Å²) in [5.41, 5.74) is -2.65. The van der Waals surface area contributed by atoms with Crippen LogP contribution < -0.4 is 0 Å². The molecule has 0 bridgehead atoms. The van der Waals surface area contributed by atoms with Crippen LogP contribution >= 0.6 is 0 Å². The Morgan fingerprint density at radius 1 is 0.673 bits per heavy atom. The quantitative estimate of drug-likeness (QED) is 0.0495. The molecule has 12 heteroatoms. The number of esters is 2. The van der Waals surface area contributed by atoms with Gasteiger partial charge in [0.2, 0.25) is 0 Å². The lowest BCUT2D eigenvalue weighted by molar-refractivity contribution is -0.207. The molecule has 4 aliphatic rings. The van der Waals surface area contributed by atoms with Crippen molar-refractivity contribution in [1.29, 1.82) is 0 Å². The summed E-state index contributed by atoms with van der Waals surface area (Å²) in [7, 11) is 7.94. The van der Waals surface area contributed by atoms with Crippen LogP contribution in [-0.2, 0) is 28.7 Å². The maximum absolute atomic E-state index is 14.1. The van der Waals surface area contributed by atoms with Gasteiger partial charge in [-0.2, -0.15) is 0 Å². The third-order valence-corrected chi connectivity index (χ3v) is 12.7. The van der Waals surface area contributed by atoms with Gasteiger partial charge in [0.15, 0.2) is 0 Å².